The van der Waals surface area contributed by atoms with Gasteiger partial charge in [0.1, 0.15) is 12.6 Å². The van der Waals surface area contributed by atoms with Gasteiger partial charge in [0.25, 0.3) is 0 Å². The molecule has 2 N–H and O–H groups in total. The number of carbonyl (C=O) groups is 2. The third kappa shape index (κ3) is 3.71. The lowest BCUT2D eigenvalue weighted by atomic mass is 9.91. The van der Waals surface area contributed by atoms with Gasteiger partial charge in [-0.25, -0.2) is 4.79 Å². The highest BCUT2D eigenvalue weighted by Gasteiger charge is 2.58. The number of amides is 1. The quantitative estimate of drug-likeness (QED) is 0.776. The van der Waals surface area contributed by atoms with Crippen molar-refractivity contribution >= 4 is 11.9 Å². The zero-order valence-corrected chi connectivity index (χ0v) is 14.5. The van der Waals surface area contributed by atoms with Gasteiger partial charge in [-0.3, -0.25) is 4.79 Å². The fourth-order valence-corrected chi connectivity index (χ4v) is 4.07. The summed E-state index contributed by atoms with van der Waals surface area (Å²) in [5.41, 5.74) is 1.16. The summed E-state index contributed by atoms with van der Waals surface area (Å²) in [6, 6.07) is 9.18. The Labute approximate surface area is 148 Å². The van der Waals surface area contributed by atoms with Crippen LogP contribution in [0.3, 0.4) is 0 Å². The van der Waals surface area contributed by atoms with Crippen LogP contribution in [0.2, 0.25) is 0 Å². The minimum absolute atomic E-state index is 0.0514. The number of benzene rings is 1. The lowest BCUT2D eigenvalue weighted by Gasteiger charge is -2.24. The summed E-state index contributed by atoms with van der Waals surface area (Å²) in [5, 5.41) is 6.37. The summed E-state index contributed by atoms with van der Waals surface area (Å²) in [4.78, 5) is 25.2. The molecule has 25 heavy (non-hydrogen) atoms. The molecule has 1 spiro atoms. The largest absolute Gasteiger partial charge is 0.459 e. The van der Waals surface area contributed by atoms with Gasteiger partial charge in [0.2, 0.25) is 5.91 Å². The van der Waals surface area contributed by atoms with Gasteiger partial charge in [-0.15, -0.1) is 0 Å². The lowest BCUT2D eigenvalue weighted by Crippen LogP contribution is -2.45. The van der Waals surface area contributed by atoms with E-state index in [1.165, 1.54) is 0 Å². The third-order valence-corrected chi connectivity index (χ3v) is 5.97. The van der Waals surface area contributed by atoms with Crippen molar-refractivity contribution in [3.05, 3.63) is 35.9 Å². The Balaban J connectivity index is 1.32. The molecule has 3 fully saturated rings. The first-order valence-corrected chi connectivity index (χ1v) is 9.40. The van der Waals surface area contributed by atoms with E-state index in [1.807, 2.05) is 30.3 Å². The average Bonchev–Trinajstić information content (AvgIpc) is 3.56. The molecule has 2 saturated carbocycles. The molecule has 3 aliphatic rings. The predicted molar refractivity (Wildman–Crippen MR) is 93.5 cm³/mol. The van der Waals surface area contributed by atoms with Crippen LogP contribution in [-0.4, -0.2) is 31.0 Å². The smallest absolute Gasteiger partial charge is 0.329 e. The normalized spacial score (nSPS) is 25.2. The average molecular weight is 342 g/mol. The van der Waals surface area contributed by atoms with E-state index < -0.39 is 6.04 Å². The maximum atomic E-state index is 12.7. The highest BCUT2D eigenvalue weighted by molar-refractivity contribution is 5.88. The molecular formula is C20H26N2O3. The van der Waals surface area contributed by atoms with Crippen LogP contribution in [0.25, 0.3) is 0 Å². The molecule has 2 atom stereocenters. The maximum absolute atomic E-state index is 12.7. The number of carbonyl (C=O) groups excluding carboxylic acids is 2. The molecule has 2 aliphatic carbocycles. The second-order valence-electron chi connectivity index (χ2n) is 7.79. The Morgan fingerprint density at radius 2 is 1.92 bits per heavy atom. The van der Waals surface area contributed by atoms with Gasteiger partial charge in [-0.05, 0) is 62.1 Å². The Hall–Kier alpha value is -1.88. The van der Waals surface area contributed by atoms with Gasteiger partial charge in [-0.1, -0.05) is 30.3 Å². The van der Waals surface area contributed by atoms with E-state index in [4.69, 9.17) is 4.74 Å². The van der Waals surface area contributed by atoms with Crippen molar-refractivity contribution in [1.29, 1.82) is 0 Å². The number of ether oxygens (including phenoxy) is 1. The number of esters is 1. The Morgan fingerprint density at radius 1 is 1.20 bits per heavy atom. The van der Waals surface area contributed by atoms with Crippen molar-refractivity contribution in [3.8, 4) is 0 Å². The van der Waals surface area contributed by atoms with Crippen molar-refractivity contribution < 1.29 is 14.3 Å². The third-order valence-electron chi connectivity index (χ3n) is 5.97. The van der Waals surface area contributed by atoms with Gasteiger partial charge in [0.15, 0.2) is 0 Å². The molecule has 1 amide bonds. The van der Waals surface area contributed by atoms with Gasteiger partial charge < -0.3 is 15.4 Å². The van der Waals surface area contributed by atoms with Crippen LogP contribution in [0.5, 0.6) is 0 Å². The number of hydrogen-bond acceptors (Lipinski definition) is 4. The van der Waals surface area contributed by atoms with Crippen LogP contribution < -0.4 is 10.6 Å². The molecule has 4 rings (SSSR count). The SMILES string of the molecule is O=C(OCc1ccccc1)C(NC(=O)C1CC12CCNCC2)C1CC1. The maximum Gasteiger partial charge on any atom is 0.329 e. The summed E-state index contributed by atoms with van der Waals surface area (Å²) in [7, 11) is 0. The first-order chi connectivity index (χ1) is 12.2. The van der Waals surface area contributed by atoms with E-state index in [0.29, 0.717) is 0 Å². The van der Waals surface area contributed by atoms with Crippen LogP contribution in [0, 0.1) is 17.3 Å². The van der Waals surface area contributed by atoms with E-state index in [1.54, 1.807) is 0 Å². The van der Waals surface area contributed by atoms with E-state index in [-0.39, 0.29) is 35.7 Å². The molecule has 5 nitrogen and oxygen atoms in total. The zero-order valence-electron chi connectivity index (χ0n) is 14.5. The second kappa shape index (κ2) is 6.79. The molecule has 5 heteroatoms. The summed E-state index contributed by atoms with van der Waals surface area (Å²) >= 11 is 0. The summed E-state index contributed by atoms with van der Waals surface area (Å²) in [5.74, 6) is 0.0860. The monoisotopic (exact) mass is 342 g/mol. The Kier molecular flexibility index (Phi) is 4.50. The minimum Gasteiger partial charge on any atom is -0.459 e. The van der Waals surface area contributed by atoms with Crippen LogP contribution in [-0.2, 0) is 20.9 Å². The summed E-state index contributed by atoms with van der Waals surface area (Å²) in [6.45, 7) is 2.25. The summed E-state index contributed by atoms with van der Waals surface area (Å²) in [6.07, 6.45) is 5.09. The van der Waals surface area contributed by atoms with E-state index in [2.05, 4.69) is 10.6 Å². The molecule has 0 radical (unpaired) electrons. The van der Waals surface area contributed by atoms with Crippen molar-refractivity contribution in [2.75, 3.05) is 13.1 Å². The van der Waals surface area contributed by atoms with Crippen molar-refractivity contribution in [1.82, 2.24) is 10.6 Å². The number of piperidine rings is 1. The fraction of sp³-hybridized carbons (Fsp3) is 0.600. The van der Waals surface area contributed by atoms with Gasteiger partial charge in [0.05, 0.1) is 0 Å². The van der Waals surface area contributed by atoms with Crippen molar-refractivity contribution in [2.24, 2.45) is 17.3 Å². The number of nitrogens with one attached hydrogen (secondary N) is 2. The van der Waals surface area contributed by atoms with Crippen LogP contribution in [0.1, 0.15) is 37.7 Å². The molecule has 134 valence electrons. The molecule has 1 aromatic rings. The minimum atomic E-state index is -0.476. The van der Waals surface area contributed by atoms with E-state index >= 15 is 0 Å². The molecule has 0 aromatic heterocycles. The highest BCUT2D eigenvalue weighted by Crippen LogP contribution is 2.58. The lowest BCUT2D eigenvalue weighted by molar-refractivity contribution is -0.150. The zero-order chi connectivity index (χ0) is 17.3. The predicted octanol–water partition coefficient (Wildman–Crippen LogP) is 2.01. The van der Waals surface area contributed by atoms with E-state index in [9.17, 15) is 9.59 Å². The molecule has 1 heterocycles. The van der Waals surface area contributed by atoms with Gasteiger partial charge in [-0.2, -0.15) is 0 Å². The Bertz CT molecular complexity index is 636. The summed E-state index contributed by atoms with van der Waals surface area (Å²) < 4.78 is 5.47. The first kappa shape index (κ1) is 16.6. The number of rotatable bonds is 6. The van der Waals surface area contributed by atoms with Crippen molar-refractivity contribution in [3.63, 3.8) is 0 Å². The molecule has 1 aliphatic heterocycles. The first-order valence-electron chi connectivity index (χ1n) is 9.40. The van der Waals surface area contributed by atoms with Crippen LogP contribution in [0.15, 0.2) is 30.3 Å². The molecule has 1 saturated heterocycles. The molecular weight excluding hydrogens is 316 g/mol. The second-order valence-corrected chi connectivity index (χ2v) is 7.79. The molecule has 1 aromatic carbocycles. The van der Waals surface area contributed by atoms with Crippen LogP contribution in [0.4, 0.5) is 0 Å². The van der Waals surface area contributed by atoms with Gasteiger partial charge >= 0.3 is 5.97 Å². The molecule has 2 unspecified atom stereocenters. The van der Waals surface area contributed by atoms with Crippen molar-refractivity contribution in [2.45, 2.75) is 44.8 Å². The van der Waals surface area contributed by atoms with E-state index in [0.717, 1.165) is 50.8 Å². The van der Waals surface area contributed by atoms with Gasteiger partial charge in [0, 0.05) is 5.92 Å². The number of hydrogen-bond donors (Lipinski definition) is 2. The Morgan fingerprint density at radius 3 is 2.60 bits per heavy atom. The topological polar surface area (TPSA) is 67.4 Å². The highest BCUT2D eigenvalue weighted by atomic mass is 16.5. The molecule has 0 bridgehead atoms. The fourth-order valence-electron chi connectivity index (χ4n) is 4.07. The standard InChI is InChI=1S/C20H26N2O3/c23-18(16-12-20(16)8-10-21-11-9-20)22-17(15-6-7-15)19(24)25-13-14-4-2-1-3-5-14/h1-5,15-17,21H,6-13H2,(H,22,23). The van der Waals surface area contributed by atoms with Crippen LogP contribution >= 0.6 is 0 Å².